The van der Waals surface area contributed by atoms with E-state index in [9.17, 15) is 9.90 Å². The van der Waals surface area contributed by atoms with Crippen molar-refractivity contribution in [2.45, 2.75) is 50.4 Å². The molecule has 2 rings (SSSR count). The van der Waals surface area contributed by atoms with Crippen molar-refractivity contribution in [3.05, 3.63) is 0 Å². The second kappa shape index (κ2) is 5.55. The van der Waals surface area contributed by atoms with Crippen molar-refractivity contribution in [3.8, 4) is 0 Å². The summed E-state index contributed by atoms with van der Waals surface area (Å²) < 4.78 is 0. The highest BCUT2D eigenvalue weighted by atomic mass is 16.3. The third kappa shape index (κ3) is 3.43. The summed E-state index contributed by atoms with van der Waals surface area (Å²) >= 11 is 0. The standard InChI is InChI=1S/C13H25N3O2/c1-9(13(18)14-10-4-5-10)16-8-12(17)6-11(16)7-15(2)3/h9-12,17H,4-8H2,1-3H3,(H,14,18). The van der Waals surface area contributed by atoms with E-state index in [1.807, 2.05) is 21.0 Å². The third-order valence-electron chi connectivity index (χ3n) is 3.81. The van der Waals surface area contributed by atoms with Crippen LogP contribution in [0.15, 0.2) is 0 Å². The number of carbonyl (C=O) groups excluding carboxylic acids is 1. The van der Waals surface area contributed by atoms with Crippen LogP contribution in [-0.2, 0) is 4.79 Å². The van der Waals surface area contributed by atoms with E-state index in [1.165, 1.54) is 0 Å². The maximum Gasteiger partial charge on any atom is 0.237 e. The lowest BCUT2D eigenvalue weighted by Crippen LogP contribution is -2.50. The van der Waals surface area contributed by atoms with Gasteiger partial charge in [0.25, 0.3) is 0 Å². The summed E-state index contributed by atoms with van der Waals surface area (Å²) in [6.45, 7) is 3.44. The summed E-state index contributed by atoms with van der Waals surface area (Å²) in [6, 6.07) is 0.530. The molecule has 18 heavy (non-hydrogen) atoms. The van der Waals surface area contributed by atoms with Gasteiger partial charge in [-0.3, -0.25) is 9.69 Å². The van der Waals surface area contributed by atoms with Crippen LogP contribution in [0, 0.1) is 0 Å². The van der Waals surface area contributed by atoms with Gasteiger partial charge in [0.15, 0.2) is 0 Å². The highest BCUT2D eigenvalue weighted by molar-refractivity contribution is 5.82. The van der Waals surface area contributed by atoms with Gasteiger partial charge in [-0.2, -0.15) is 0 Å². The number of nitrogens with one attached hydrogen (secondary N) is 1. The molecule has 0 spiro atoms. The molecule has 5 nitrogen and oxygen atoms in total. The van der Waals surface area contributed by atoms with Gasteiger partial charge in [0.05, 0.1) is 12.1 Å². The molecule has 0 bridgehead atoms. The minimum atomic E-state index is -0.300. The molecule has 0 aromatic rings. The van der Waals surface area contributed by atoms with Crippen LogP contribution in [0.1, 0.15) is 26.2 Å². The lowest BCUT2D eigenvalue weighted by Gasteiger charge is -2.31. The third-order valence-corrected chi connectivity index (χ3v) is 3.81. The van der Waals surface area contributed by atoms with E-state index in [0.717, 1.165) is 25.8 Å². The van der Waals surface area contributed by atoms with Crippen LogP contribution in [0.3, 0.4) is 0 Å². The van der Waals surface area contributed by atoms with Crippen molar-refractivity contribution in [1.29, 1.82) is 0 Å². The van der Waals surface area contributed by atoms with Crippen molar-refractivity contribution < 1.29 is 9.90 Å². The van der Waals surface area contributed by atoms with Gasteiger partial charge in [-0.15, -0.1) is 0 Å². The molecule has 1 aliphatic heterocycles. The Labute approximate surface area is 109 Å². The van der Waals surface area contributed by atoms with Gasteiger partial charge in [0.2, 0.25) is 5.91 Å². The fourth-order valence-electron chi connectivity index (χ4n) is 2.69. The van der Waals surface area contributed by atoms with Crippen molar-refractivity contribution in [1.82, 2.24) is 15.1 Å². The van der Waals surface area contributed by atoms with Crippen molar-refractivity contribution in [3.63, 3.8) is 0 Å². The van der Waals surface area contributed by atoms with Gasteiger partial charge in [0, 0.05) is 25.2 Å². The fourth-order valence-corrected chi connectivity index (χ4v) is 2.69. The topological polar surface area (TPSA) is 55.8 Å². The Kier molecular flexibility index (Phi) is 4.25. The highest BCUT2D eigenvalue weighted by Crippen LogP contribution is 2.23. The van der Waals surface area contributed by atoms with Gasteiger partial charge in [-0.1, -0.05) is 0 Å². The number of hydrogen-bond acceptors (Lipinski definition) is 4. The smallest absolute Gasteiger partial charge is 0.237 e. The molecule has 1 amide bonds. The van der Waals surface area contributed by atoms with Gasteiger partial charge < -0.3 is 15.3 Å². The summed E-state index contributed by atoms with van der Waals surface area (Å²) in [5.41, 5.74) is 0. The molecule has 2 N–H and O–H groups in total. The summed E-state index contributed by atoms with van der Waals surface area (Å²) in [7, 11) is 4.05. The van der Waals surface area contributed by atoms with Crippen LogP contribution >= 0.6 is 0 Å². The molecule has 1 saturated carbocycles. The normalized spacial score (nSPS) is 30.7. The largest absolute Gasteiger partial charge is 0.392 e. The molecule has 0 aromatic heterocycles. The first-order chi connectivity index (χ1) is 8.47. The van der Waals surface area contributed by atoms with Crippen LogP contribution in [0.25, 0.3) is 0 Å². The highest BCUT2D eigenvalue weighted by Gasteiger charge is 2.37. The lowest BCUT2D eigenvalue weighted by atomic mass is 10.1. The molecule has 0 aromatic carbocycles. The molecule has 104 valence electrons. The lowest BCUT2D eigenvalue weighted by molar-refractivity contribution is -0.126. The minimum Gasteiger partial charge on any atom is -0.392 e. The first-order valence-electron chi connectivity index (χ1n) is 6.86. The van der Waals surface area contributed by atoms with Crippen LogP contribution < -0.4 is 5.32 Å². The SMILES string of the molecule is CC(C(=O)NC1CC1)N1CC(O)CC1CN(C)C. The summed E-state index contributed by atoms with van der Waals surface area (Å²) in [5.74, 6) is 0.107. The second-order valence-corrected chi connectivity index (χ2v) is 5.96. The number of aliphatic hydroxyl groups is 1. The number of β-amino-alcohol motifs (C(OH)–C–C–N with tert-alkyl or cyclic N) is 1. The van der Waals surface area contributed by atoms with E-state index in [1.54, 1.807) is 0 Å². The number of amides is 1. The Morgan fingerprint density at radius 2 is 2.17 bits per heavy atom. The maximum absolute atomic E-state index is 12.1. The van der Waals surface area contributed by atoms with E-state index in [0.29, 0.717) is 12.6 Å². The zero-order valence-electron chi connectivity index (χ0n) is 11.6. The quantitative estimate of drug-likeness (QED) is 0.705. The molecular formula is C13H25N3O2. The van der Waals surface area contributed by atoms with Crippen LogP contribution in [0.5, 0.6) is 0 Å². The van der Waals surface area contributed by atoms with Crippen molar-refractivity contribution >= 4 is 5.91 Å². The summed E-state index contributed by atoms with van der Waals surface area (Å²) in [4.78, 5) is 16.3. The van der Waals surface area contributed by atoms with Crippen LogP contribution in [0.2, 0.25) is 0 Å². The monoisotopic (exact) mass is 255 g/mol. The zero-order chi connectivity index (χ0) is 13.3. The Morgan fingerprint density at radius 3 is 2.72 bits per heavy atom. The molecular weight excluding hydrogens is 230 g/mol. The Morgan fingerprint density at radius 1 is 1.50 bits per heavy atom. The number of carbonyl (C=O) groups is 1. The average Bonchev–Trinajstić information content (AvgIpc) is 3.00. The molecule has 3 atom stereocenters. The Bertz CT molecular complexity index is 305. The van der Waals surface area contributed by atoms with Gasteiger partial charge in [-0.25, -0.2) is 0 Å². The number of likely N-dealkylation sites (tertiary alicyclic amines) is 1. The molecule has 1 saturated heterocycles. The van der Waals surface area contributed by atoms with Gasteiger partial charge in [0.1, 0.15) is 0 Å². The molecule has 3 unspecified atom stereocenters. The molecule has 1 aliphatic carbocycles. The van der Waals surface area contributed by atoms with E-state index < -0.39 is 0 Å². The number of rotatable bonds is 5. The number of likely N-dealkylation sites (N-methyl/N-ethyl adjacent to an activating group) is 1. The number of nitrogens with zero attached hydrogens (tertiary/aromatic N) is 2. The predicted octanol–water partition coefficient (Wildman–Crippen LogP) is -0.350. The van der Waals surface area contributed by atoms with E-state index >= 15 is 0 Å². The Balaban J connectivity index is 1.92. The average molecular weight is 255 g/mol. The maximum atomic E-state index is 12.1. The number of aliphatic hydroxyl groups excluding tert-OH is 1. The summed E-state index contributed by atoms with van der Waals surface area (Å²) in [6.07, 6.45) is 2.69. The van der Waals surface area contributed by atoms with Gasteiger partial charge in [-0.05, 0) is 40.3 Å². The fraction of sp³-hybridized carbons (Fsp3) is 0.923. The second-order valence-electron chi connectivity index (χ2n) is 5.96. The van der Waals surface area contributed by atoms with Crippen LogP contribution in [-0.4, -0.2) is 72.2 Å². The molecule has 5 heteroatoms. The van der Waals surface area contributed by atoms with E-state index in [2.05, 4.69) is 15.1 Å². The summed E-state index contributed by atoms with van der Waals surface area (Å²) in [5, 5.41) is 12.9. The first kappa shape index (κ1) is 13.8. The van der Waals surface area contributed by atoms with E-state index in [-0.39, 0.29) is 24.1 Å². The Hall–Kier alpha value is -0.650. The zero-order valence-corrected chi connectivity index (χ0v) is 11.6. The molecule has 1 heterocycles. The molecule has 2 fully saturated rings. The van der Waals surface area contributed by atoms with Crippen LogP contribution in [0.4, 0.5) is 0 Å². The number of hydrogen-bond donors (Lipinski definition) is 2. The first-order valence-corrected chi connectivity index (χ1v) is 6.86. The van der Waals surface area contributed by atoms with Crippen molar-refractivity contribution in [2.75, 3.05) is 27.2 Å². The van der Waals surface area contributed by atoms with Gasteiger partial charge >= 0.3 is 0 Å². The molecule has 0 radical (unpaired) electrons. The van der Waals surface area contributed by atoms with E-state index in [4.69, 9.17) is 0 Å². The predicted molar refractivity (Wildman–Crippen MR) is 70.3 cm³/mol. The molecule has 2 aliphatic rings. The minimum absolute atomic E-state index is 0.107. The van der Waals surface area contributed by atoms with Crippen molar-refractivity contribution in [2.24, 2.45) is 0 Å².